The number of ether oxygens (including phenoxy) is 1. The summed E-state index contributed by atoms with van der Waals surface area (Å²) >= 11 is 0. The van der Waals surface area contributed by atoms with E-state index in [2.05, 4.69) is 34.6 Å². The number of aliphatic hydroxyl groups excluding tert-OH is 1. The van der Waals surface area contributed by atoms with Crippen LogP contribution in [0.5, 0.6) is 0 Å². The first-order chi connectivity index (χ1) is 13.5. The molecule has 3 heteroatoms. The maximum absolute atomic E-state index is 13.1. The molecule has 4 rings (SSSR count). The summed E-state index contributed by atoms with van der Waals surface area (Å²) in [7, 11) is 1.77. The van der Waals surface area contributed by atoms with Crippen LogP contribution in [0, 0.1) is 40.4 Å². The normalized spacial score (nSPS) is 48.7. The Bertz CT molecular complexity index is 721. The molecule has 7 unspecified atom stereocenters. The Balaban J connectivity index is 1.75. The van der Waals surface area contributed by atoms with E-state index in [9.17, 15) is 9.90 Å². The van der Waals surface area contributed by atoms with Crippen molar-refractivity contribution in [2.24, 2.45) is 40.4 Å². The lowest BCUT2D eigenvalue weighted by Gasteiger charge is -2.61. The Morgan fingerprint density at radius 1 is 1.07 bits per heavy atom. The lowest BCUT2D eigenvalue weighted by Crippen LogP contribution is -2.59. The molecule has 0 bridgehead atoms. The second kappa shape index (κ2) is 6.92. The molecule has 0 spiro atoms. The van der Waals surface area contributed by atoms with Gasteiger partial charge in [0.1, 0.15) is 5.60 Å². The molecule has 0 amide bonds. The van der Waals surface area contributed by atoms with Gasteiger partial charge in [-0.15, -0.1) is 0 Å². The molecule has 0 aromatic heterocycles. The van der Waals surface area contributed by atoms with Crippen LogP contribution < -0.4 is 0 Å². The van der Waals surface area contributed by atoms with Crippen LogP contribution in [0.4, 0.5) is 0 Å². The van der Waals surface area contributed by atoms with Crippen LogP contribution in [0.2, 0.25) is 0 Å². The maximum atomic E-state index is 13.1. The van der Waals surface area contributed by atoms with Gasteiger partial charge in [-0.1, -0.05) is 33.3 Å². The number of aliphatic hydroxyl groups is 1. The van der Waals surface area contributed by atoms with E-state index in [0.29, 0.717) is 41.8 Å². The highest BCUT2D eigenvalue weighted by Crippen LogP contribution is 2.69. The van der Waals surface area contributed by atoms with E-state index in [1.807, 2.05) is 6.92 Å². The summed E-state index contributed by atoms with van der Waals surface area (Å²) in [5.74, 6) is 3.39. The van der Waals surface area contributed by atoms with Crippen LogP contribution in [0.3, 0.4) is 0 Å². The highest BCUT2D eigenvalue weighted by Gasteiger charge is 2.67. The van der Waals surface area contributed by atoms with Crippen molar-refractivity contribution in [2.75, 3.05) is 7.11 Å². The van der Waals surface area contributed by atoms with Gasteiger partial charge in [-0.2, -0.15) is 0 Å². The van der Waals surface area contributed by atoms with E-state index in [0.717, 1.165) is 25.7 Å². The van der Waals surface area contributed by atoms with Crippen molar-refractivity contribution in [1.29, 1.82) is 0 Å². The number of carbonyl (C=O) groups is 1. The highest BCUT2D eigenvalue weighted by molar-refractivity contribution is 5.88. The molecule has 0 aromatic carbocycles. The average Bonchev–Trinajstić information content (AvgIpc) is 2.99. The fourth-order valence-corrected chi connectivity index (χ4v) is 8.82. The number of hydrogen-bond donors (Lipinski definition) is 1. The van der Waals surface area contributed by atoms with Crippen LogP contribution in [0.15, 0.2) is 11.1 Å². The number of fused-ring (bicyclic) bond motifs is 5. The molecule has 0 aliphatic heterocycles. The standard InChI is InChI=1S/C26H42O3/c1-8-22(28)26(29-7)12-10-19-18-14-24(4,5)20-13-21(27)15(2)16(3)23(20)17(18)9-11-25(19,26)6/h17-21,23,27H,8-14H2,1-7H3/t17?,18?,19?,20?,21?,23?,25-,26?/m0/s1. The number of carbonyl (C=O) groups excluding carboxylic acids is 1. The van der Waals surface area contributed by atoms with E-state index >= 15 is 0 Å². The highest BCUT2D eigenvalue weighted by atomic mass is 16.5. The van der Waals surface area contributed by atoms with E-state index < -0.39 is 5.60 Å². The summed E-state index contributed by atoms with van der Waals surface area (Å²) in [6.07, 6.45) is 6.74. The number of rotatable bonds is 3. The van der Waals surface area contributed by atoms with Crippen molar-refractivity contribution in [3.8, 4) is 0 Å². The van der Waals surface area contributed by atoms with Crippen molar-refractivity contribution in [3.05, 3.63) is 11.1 Å². The smallest absolute Gasteiger partial charge is 0.164 e. The SMILES string of the molecule is CCC(=O)C1(OC)CCC2C3CC(C)(C)C4CC(O)C(C)=C(C)C4C3CC[C@@]21C. The first-order valence-corrected chi connectivity index (χ1v) is 12.0. The molecule has 3 fully saturated rings. The third-order valence-electron chi connectivity index (χ3n) is 10.5. The van der Waals surface area contributed by atoms with E-state index in [1.54, 1.807) is 7.11 Å². The molecule has 4 aliphatic rings. The predicted octanol–water partition coefficient (Wildman–Crippen LogP) is 5.56. The number of Topliss-reactive ketones (excluding diaryl/α,β-unsaturated/α-hetero) is 1. The van der Waals surface area contributed by atoms with Crippen LogP contribution in [0.25, 0.3) is 0 Å². The van der Waals surface area contributed by atoms with Crippen LogP contribution in [-0.2, 0) is 9.53 Å². The predicted molar refractivity (Wildman–Crippen MR) is 116 cm³/mol. The number of ketones is 1. The second-order valence-corrected chi connectivity index (χ2v) is 11.7. The number of allylic oxidation sites excluding steroid dienone is 1. The van der Waals surface area contributed by atoms with E-state index in [-0.39, 0.29) is 16.9 Å². The zero-order chi connectivity index (χ0) is 21.4. The molecule has 8 atom stereocenters. The van der Waals surface area contributed by atoms with Crippen molar-refractivity contribution < 1.29 is 14.6 Å². The van der Waals surface area contributed by atoms with Gasteiger partial charge in [-0.3, -0.25) is 4.79 Å². The Morgan fingerprint density at radius 3 is 2.38 bits per heavy atom. The van der Waals surface area contributed by atoms with Gasteiger partial charge < -0.3 is 9.84 Å². The monoisotopic (exact) mass is 402 g/mol. The molecule has 164 valence electrons. The molecule has 0 aromatic rings. The number of methoxy groups -OCH3 is 1. The third kappa shape index (κ3) is 2.72. The second-order valence-electron chi connectivity index (χ2n) is 11.7. The van der Waals surface area contributed by atoms with Crippen molar-refractivity contribution in [1.82, 2.24) is 0 Å². The van der Waals surface area contributed by atoms with Gasteiger partial charge in [0.05, 0.1) is 6.10 Å². The van der Waals surface area contributed by atoms with Gasteiger partial charge in [0, 0.05) is 18.9 Å². The molecule has 3 nitrogen and oxygen atoms in total. The average molecular weight is 403 g/mol. The Hall–Kier alpha value is -0.670. The summed E-state index contributed by atoms with van der Waals surface area (Å²) in [6, 6.07) is 0. The molecule has 0 saturated heterocycles. The van der Waals surface area contributed by atoms with Crippen molar-refractivity contribution in [2.45, 2.75) is 98.2 Å². The van der Waals surface area contributed by atoms with Gasteiger partial charge in [-0.25, -0.2) is 0 Å². The third-order valence-corrected chi connectivity index (χ3v) is 10.5. The molecule has 0 radical (unpaired) electrons. The Kier molecular flexibility index (Phi) is 5.14. The molecule has 0 heterocycles. The van der Waals surface area contributed by atoms with Crippen LogP contribution in [-0.4, -0.2) is 29.7 Å². The summed E-state index contributed by atoms with van der Waals surface area (Å²) in [4.78, 5) is 13.1. The van der Waals surface area contributed by atoms with E-state index in [4.69, 9.17) is 4.74 Å². The minimum Gasteiger partial charge on any atom is -0.389 e. The van der Waals surface area contributed by atoms with Crippen molar-refractivity contribution in [3.63, 3.8) is 0 Å². The molecular formula is C26H42O3. The first kappa shape index (κ1) is 21.6. The van der Waals surface area contributed by atoms with Crippen molar-refractivity contribution >= 4 is 5.78 Å². The lowest BCUT2D eigenvalue weighted by atomic mass is 9.44. The van der Waals surface area contributed by atoms with Gasteiger partial charge in [-0.05, 0) is 93.0 Å². The minimum absolute atomic E-state index is 0.0419. The zero-order valence-electron chi connectivity index (χ0n) is 19.7. The summed E-state index contributed by atoms with van der Waals surface area (Å²) in [5, 5.41) is 10.7. The topological polar surface area (TPSA) is 46.5 Å². The molecule has 3 saturated carbocycles. The fourth-order valence-electron chi connectivity index (χ4n) is 8.82. The largest absolute Gasteiger partial charge is 0.389 e. The zero-order valence-corrected chi connectivity index (χ0v) is 19.7. The molecule has 29 heavy (non-hydrogen) atoms. The van der Waals surface area contributed by atoms with Gasteiger partial charge in [0.2, 0.25) is 0 Å². The molecular weight excluding hydrogens is 360 g/mol. The lowest BCUT2D eigenvalue weighted by molar-refractivity contribution is -0.174. The quantitative estimate of drug-likeness (QED) is 0.629. The number of hydrogen-bond acceptors (Lipinski definition) is 3. The molecule has 1 N–H and O–H groups in total. The Labute approximate surface area is 177 Å². The van der Waals surface area contributed by atoms with Gasteiger partial charge in [0.15, 0.2) is 5.78 Å². The summed E-state index contributed by atoms with van der Waals surface area (Å²) < 4.78 is 6.12. The van der Waals surface area contributed by atoms with Crippen LogP contribution >= 0.6 is 0 Å². The molecule has 4 aliphatic carbocycles. The summed E-state index contributed by atoms with van der Waals surface area (Å²) in [6.45, 7) is 13.7. The first-order valence-electron chi connectivity index (χ1n) is 12.0. The van der Waals surface area contributed by atoms with Gasteiger partial charge in [0.25, 0.3) is 0 Å². The maximum Gasteiger partial charge on any atom is 0.164 e. The fraction of sp³-hybridized carbons (Fsp3) is 0.885. The van der Waals surface area contributed by atoms with Crippen LogP contribution in [0.1, 0.15) is 86.5 Å². The Morgan fingerprint density at radius 2 is 1.76 bits per heavy atom. The minimum atomic E-state index is -0.581. The summed E-state index contributed by atoms with van der Waals surface area (Å²) in [5.41, 5.74) is 2.28. The van der Waals surface area contributed by atoms with Gasteiger partial charge >= 0.3 is 0 Å². The van der Waals surface area contributed by atoms with E-state index in [1.165, 1.54) is 24.0 Å².